The molecule has 1 unspecified atom stereocenters. The molecule has 3 atom stereocenters. The van der Waals surface area contributed by atoms with Crippen LogP contribution < -0.4 is 11.1 Å². The molecular formula is C30H63N2O6P. The highest BCUT2D eigenvalue weighted by molar-refractivity contribution is 7.47. The highest BCUT2D eigenvalue weighted by Crippen LogP contribution is 2.43. The zero-order valence-electron chi connectivity index (χ0n) is 25.4. The van der Waals surface area contributed by atoms with Crippen LogP contribution in [-0.2, 0) is 18.4 Å². The monoisotopic (exact) mass is 578 g/mol. The molecule has 39 heavy (non-hydrogen) atoms. The molecule has 0 aromatic heterocycles. The fraction of sp³-hybridized carbons (Fsp3) is 0.967. The van der Waals surface area contributed by atoms with Crippen LogP contribution in [0.3, 0.4) is 0 Å². The van der Waals surface area contributed by atoms with Gasteiger partial charge in [0.15, 0.2) is 0 Å². The highest BCUT2D eigenvalue weighted by Gasteiger charge is 2.27. The van der Waals surface area contributed by atoms with Crippen molar-refractivity contribution in [2.24, 2.45) is 5.73 Å². The molecule has 5 N–H and O–H groups in total. The zero-order valence-corrected chi connectivity index (χ0v) is 26.3. The second-order valence-corrected chi connectivity index (χ2v) is 12.5. The molecule has 0 heterocycles. The van der Waals surface area contributed by atoms with E-state index in [1.807, 2.05) is 0 Å². The topological polar surface area (TPSA) is 131 Å². The van der Waals surface area contributed by atoms with Crippen molar-refractivity contribution in [2.45, 2.75) is 167 Å². The zero-order chi connectivity index (χ0) is 29.0. The molecule has 1 amide bonds. The number of rotatable bonds is 30. The van der Waals surface area contributed by atoms with Gasteiger partial charge in [-0.15, -0.1) is 0 Å². The van der Waals surface area contributed by atoms with Crippen molar-refractivity contribution in [3.8, 4) is 0 Å². The van der Waals surface area contributed by atoms with Crippen LogP contribution in [0, 0.1) is 0 Å². The molecule has 0 rings (SSSR count). The van der Waals surface area contributed by atoms with Gasteiger partial charge in [0.2, 0.25) is 5.91 Å². The van der Waals surface area contributed by atoms with Crippen LogP contribution in [0.15, 0.2) is 0 Å². The quantitative estimate of drug-likeness (QED) is 0.0511. The van der Waals surface area contributed by atoms with Crippen LogP contribution in [0.5, 0.6) is 0 Å². The fourth-order valence-electron chi connectivity index (χ4n) is 4.72. The number of hydrogen-bond donors (Lipinski definition) is 4. The molecule has 0 aliphatic heterocycles. The molecule has 0 aromatic rings. The normalized spacial score (nSPS) is 14.7. The van der Waals surface area contributed by atoms with Gasteiger partial charge < -0.3 is 21.1 Å². The lowest BCUT2D eigenvalue weighted by molar-refractivity contribution is -0.123. The molecule has 0 saturated heterocycles. The predicted octanol–water partition coefficient (Wildman–Crippen LogP) is 7.55. The lowest BCUT2D eigenvalue weighted by Gasteiger charge is -2.25. The molecule has 0 fully saturated rings. The molecule has 8 nitrogen and oxygen atoms in total. The summed E-state index contributed by atoms with van der Waals surface area (Å²) in [5, 5.41) is 13.6. The van der Waals surface area contributed by atoms with Gasteiger partial charge in [-0.3, -0.25) is 13.8 Å². The summed E-state index contributed by atoms with van der Waals surface area (Å²) in [6.45, 7) is 4.15. The number of nitrogens with two attached hydrogens (primary N) is 1. The lowest BCUT2D eigenvalue weighted by Crippen LogP contribution is -2.46. The van der Waals surface area contributed by atoms with E-state index in [9.17, 15) is 19.4 Å². The van der Waals surface area contributed by atoms with Crippen molar-refractivity contribution in [3.05, 3.63) is 0 Å². The highest BCUT2D eigenvalue weighted by atomic mass is 31.2. The van der Waals surface area contributed by atoms with Gasteiger partial charge in [0.05, 0.1) is 25.4 Å². The minimum absolute atomic E-state index is 0.0916. The number of phosphoric ester groups is 1. The fourth-order valence-corrected chi connectivity index (χ4v) is 5.48. The predicted molar refractivity (Wildman–Crippen MR) is 162 cm³/mol. The number of hydrogen-bond acceptors (Lipinski definition) is 6. The first kappa shape index (κ1) is 38.5. The number of carbonyl (C=O) groups excluding carboxylic acids is 1. The second kappa shape index (κ2) is 27.7. The molecule has 0 aliphatic rings. The number of carbonyl (C=O) groups is 1. The van der Waals surface area contributed by atoms with Gasteiger partial charge >= 0.3 is 7.82 Å². The number of unbranched alkanes of at least 4 members (excludes halogenated alkanes) is 18. The molecule has 0 aliphatic carbocycles. The van der Waals surface area contributed by atoms with E-state index in [2.05, 4.69) is 19.2 Å². The molecule has 0 bridgehead atoms. The summed E-state index contributed by atoms with van der Waals surface area (Å²) in [5.74, 6) is -0.166. The van der Waals surface area contributed by atoms with Gasteiger partial charge in [-0.1, -0.05) is 136 Å². The Balaban J connectivity index is 4.35. The lowest BCUT2D eigenvalue weighted by atomic mass is 10.0. The molecule has 0 radical (unpaired) electrons. The maximum atomic E-state index is 12.6. The van der Waals surface area contributed by atoms with Crippen molar-refractivity contribution < 1.29 is 28.4 Å². The van der Waals surface area contributed by atoms with Crippen LogP contribution in [0.25, 0.3) is 0 Å². The third-order valence-electron chi connectivity index (χ3n) is 7.21. The summed E-state index contributed by atoms with van der Waals surface area (Å²) in [7, 11) is -4.29. The summed E-state index contributed by atoms with van der Waals surface area (Å²) in [4.78, 5) is 22.4. The van der Waals surface area contributed by atoms with E-state index < -0.39 is 20.0 Å². The van der Waals surface area contributed by atoms with Crippen LogP contribution in [0.1, 0.15) is 155 Å². The summed E-state index contributed by atoms with van der Waals surface area (Å²) in [6, 6.07) is -0.763. The Morgan fingerprint density at radius 1 is 0.744 bits per heavy atom. The minimum atomic E-state index is -4.29. The SMILES string of the molecule is CCCCCCCCCCCCC[C@@H](O)[C@H](COP(=O)(O)OCCN)NC(=O)CCCCCCCCCCC. The van der Waals surface area contributed by atoms with E-state index in [4.69, 9.17) is 14.8 Å². The second-order valence-electron chi connectivity index (χ2n) is 11.0. The summed E-state index contributed by atoms with van der Waals surface area (Å²) in [5.41, 5.74) is 5.33. The molecule has 0 spiro atoms. The summed E-state index contributed by atoms with van der Waals surface area (Å²) < 4.78 is 21.9. The Morgan fingerprint density at radius 2 is 1.18 bits per heavy atom. The van der Waals surface area contributed by atoms with Crippen molar-refractivity contribution in [3.63, 3.8) is 0 Å². The Kier molecular flexibility index (Phi) is 27.3. The molecule has 0 saturated carbocycles. The number of aliphatic hydroxyl groups is 1. The smallest absolute Gasteiger partial charge is 0.391 e. The van der Waals surface area contributed by atoms with E-state index in [-0.39, 0.29) is 25.7 Å². The molecule has 0 aromatic carbocycles. The molecule has 9 heteroatoms. The van der Waals surface area contributed by atoms with Gasteiger partial charge in [-0.2, -0.15) is 0 Å². The largest absolute Gasteiger partial charge is 0.472 e. The van der Waals surface area contributed by atoms with E-state index in [1.165, 1.54) is 89.9 Å². The first-order chi connectivity index (χ1) is 18.9. The van der Waals surface area contributed by atoms with Crippen LogP contribution in [0.4, 0.5) is 0 Å². The number of aliphatic hydroxyl groups excluding tert-OH is 1. The number of amides is 1. The summed E-state index contributed by atoms with van der Waals surface area (Å²) >= 11 is 0. The first-order valence-electron chi connectivity index (χ1n) is 16.2. The third-order valence-corrected chi connectivity index (χ3v) is 8.20. The van der Waals surface area contributed by atoms with Crippen molar-refractivity contribution in [1.29, 1.82) is 0 Å². The van der Waals surface area contributed by atoms with Crippen LogP contribution >= 0.6 is 7.82 Å². The van der Waals surface area contributed by atoms with E-state index in [0.29, 0.717) is 12.8 Å². The average molecular weight is 579 g/mol. The van der Waals surface area contributed by atoms with Crippen LogP contribution in [-0.4, -0.2) is 47.8 Å². The van der Waals surface area contributed by atoms with Gasteiger partial charge in [-0.25, -0.2) is 4.57 Å². The standard InChI is InChI=1S/C30H63N2O6P/c1-3-5-7-9-11-13-14-16-17-19-21-23-29(33)28(27-38-39(35,36)37-26-25-31)32-30(34)24-22-20-18-15-12-10-8-6-4-2/h28-29,33H,3-27,31H2,1-2H3,(H,32,34)(H,35,36)/t28-,29+/m0/s1. The molecule has 234 valence electrons. The van der Waals surface area contributed by atoms with E-state index in [1.54, 1.807) is 0 Å². The summed E-state index contributed by atoms with van der Waals surface area (Å²) in [6.07, 6.45) is 23.9. The van der Waals surface area contributed by atoms with Crippen molar-refractivity contribution in [1.82, 2.24) is 5.32 Å². The Bertz CT molecular complexity index is 596. The van der Waals surface area contributed by atoms with Gasteiger partial charge in [0, 0.05) is 13.0 Å². The minimum Gasteiger partial charge on any atom is -0.391 e. The van der Waals surface area contributed by atoms with E-state index >= 15 is 0 Å². The number of phosphoric acid groups is 1. The third kappa shape index (κ3) is 26.2. The Morgan fingerprint density at radius 3 is 1.64 bits per heavy atom. The van der Waals surface area contributed by atoms with Gasteiger partial charge in [-0.05, 0) is 12.8 Å². The van der Waals surface area contributed by atoms with E-state index in [0.717, 1.165) is 38.5 Å². The maximum absolute atomic E-state index is 12.6. The van der Waals surface area contributed by atoms with Gasteiger partial charge in [0.25, 0.3) is 0 Å². The van der Waals surface area contributed by atoms with Crippen molar-refractivity contribution >= 4 is 13.7 Å². The average Bonchev–Trinajstić information content (AvgIpc) is 2.91. The van der Waals surface area contributed by atoms with Crippen molar-refractivity contribution in [2.75, 3.05) is 19.8 Å². The Labute approximate surface area is 240 Å². The maximum Gasteiger partial charge on any atom is 0.472 e. The van der Waals surface area contributed by atoms with Crippen LogP contribution in [0.2, 0.25) is 0 Å². The number of nitrogens with one attached hydrogen (secondary N) is 1. The van der Waals surface area contributed by atoms with Gasteiger partial charge in [0.1, 0.15) is 0 Å². The molecular weight excluding hydrogens is 515 g/mol. The first-order valence-corrected chi connectivity index (χ1v) is 17.6. The Hall–Kier alpha value is -0.500.